The van der Waals surface area contributed by atoms with Gasteiger partial charge in [0.2, 0.25) is 5.91 Å². The van der Waals surface area contributed by atoms with Crippen molar-refractivity contribution in [1.29, 1.82) is 0 Å². The number of nitrogens with one attached hydrogen (secondary N) is 1. The summed E-state index contributed by atoms with van der Waals surface area (Å²) in [7, 11) is 0. The third-order valence-corrected chi connectivity index (χ3v) is 1.47. The number of nitrogens with zero attached hydrogens (tertiary/aromatic N) is 1. The van der Waals surface area contributed by atoms with Gasteiger partial charge in [0.1, 0.15) is 0 Å². The van der Waals surface area contributed by atoms with E-state index in [4.69, 9.17) is 5.73 Å². The molecule has 0 fully saturated rings. The van der Waals surface area contributed by atoms with Crippen molar-refractivity contribution in [3.8, 4) is 0 Å². The monoisotopic (exact) mass is 195 g/mol. The van der Waals surface area contributed by atoms with E-state index in [0.717, 1.165) is 0 Å². The molecule has 0 unspecified atom stereocenters. The number of nitro groups is 1. The van der Waals surface area contributed by atoms with Gasteiger partial charge in [-0.15, -0.1) is 0 Å². The molecule has 6 heteroatoms. The number of anilines is 2. The zero-order chi connectivity index (χ0) is 10.7. The lowest BCUT2D eigenvalue weighted by atomic mass is 10.2. The van der Waals surface area contributed by atoms with Crippen molar-refractivity contribution in [3.63, 3.8) is 0 Å². The number of amides is 1. The Morgan fingerprint density at radius 3 is 2.64 bits per heavy atom. The Bertz CT molecular complexity index is 389. The van der Waals surface area contributed by atoms with E-state index in [-0.39, 0.29) is 17.3 Å². The lowest BCUT2D eigenvalue weighted by molar-refractivity contribution is -0.384. The molecule has 0 radical (unpaired) electrons. The summed E-state index contributed by atoms with van der Waals surface area (Å²) in [5, 5.41) is 12.8. The molecule has 1 amide bonds. The predicted molar refractivity (Wildman–Crippen MR) is 51.8 cm³/mol. The highest BCUT2D eigenvalue weighted by molar-refractivity contribution is 5.89. The molecule has 14 heavy (non-hydrogen) atoms. The highest BCUT2D eigenvalue weighted by Gasteiger charge is 2.08. The number of hydrogen-bond donors (Lipinski definition) is 2. The zero-order valence-corrected chi connectivity index (χ0v) is 7.48. The van der Waals surface area contributed by atoms with Gasteiger partial charge in [-0.25, -0.2) is 0 Å². The van der Waals surface area contributed by atoms with Crippen molar-refractivity contribution in [2.45, 2.75) is 6.92 Å². The van der Waals surface area contributed by atoms with Gasteiger partial charge in [-0.05, 0) is 6.07 Å². The minimum atomic E-state index is -0.568. The Hall–Kier alpha value is -2.11. The van der Waals surface area contributed by atoms with Gasteiger partial charge in [0, 0.05) is 30.4 Å². The fourth-order valence-electron chi connectivity index (χ4n) is 1.02. The maximum Gasteiger partial charge on any atom is 0.273 e. The first-order valence-corrected chi connectivity index (χ1v) is 3.81. The predicted octanol–water partition coefficient (Wildman–Crippen LogP) is 1.14. The van der Waals surface area contributed by atoms with Gasteiger partial charge >= 0.3 is 0 Å². The number of nitrogens with two attached hydrogens (primary N) is 1. The van der Waals surface area contributed by atoms with Crippen molar-refractivity contribution in [3.05, 3.63) is 28.3 Å². The van der Waals surface area contributed by atoms with Crippen LogP contribution in [0.3, 0.4) is 0 Å². The van der Waals surface area contributed by atoms with Crippen LogP contribution in [0.15, 0.2) is 18.2 Å². The quantitative estimate of drug-likeness (QED) is 0.420. The van der Waals surface area contributed by atoms with E-state index in [2.05, 4.69) is 5.32 Å². The lowest BCUT2D eigenvalue weighted by Gasteiger charge is -2.02. The Labute approximate surface area is 79.9 Å². The Kier molecular flexibility index (Phi) is 2.66. The van der Waals surface area contributed by atoms with Gasteiger partial charge in [0.25, 0.3) is 5.69 Å². The summed E-state index contributed by atoms with van der Waals surface area (Å²) in [6.07, 6.45) is 0. The van der Waals surface area contributed by atoms with E-state index < -0.39 is 4.92 Å². The fourth-order valence-corrected chi connectivity index (χ4v) is 1.02. The highest BCUT2D eigenvalue weighted by atomic mass is 16.6. The van der Waals surface area contributed by atoms with Crippen LogP contribution < -0.4 is 11.1 Å². The second-order valence-electron chi connectivity index (χ2n) is 2.75. The van der Waals surface area contributed by atoms with Gasteiger partial charge in [-0.2, -0.15) is 0 Å². The average Bonchev–Trinajstić information content (AvgIpc) is 2.01. The van der Waals surface area contributed by atoms with Crippen LogP contribution in [0.25, 0.3) is 0 Å². The molecule has 1 rings (SSSR count). The van der Waals surface area contributed by atoms with E-state index in [1.807, 2.05) is 0 Å². The van der Waals surface area contributed by atoms with Crippen LogP contribution in [0, 0.1) is 10.1 Å². The van der Waals surface area contributed by atoms with Crippen LogP contribution in [-0.4, -0.2) is 10.8 Å². The molecule has 0 saturated carbocycles. The summed E-state index contributed by atoms with van der Waals surface area (Å²) in [5.74, 6) is -0.301. The Morgan fingerprint density at radius 1 is 1.50 bits per heavy atom. The summed E-state index contributed by atoms with van der Waals surface area (Å²) in [5.41, 5.74) is 5.83. The number of carbonyl (C=O) groups is 1. The number of non-ortho nitro benzene ring substituents is 1. The molecule has 0 spiro atoms. The second-order valence-corrected chi connectivity index (χ2v) is 2.75. The van der Waals surface area contributed by atoms with Gasteiger partial charge in [-0.1, -0.05) is 0 Å². The number of carbonyl (C=O) groups excluding carboxylic acids is 1. The molecule has 0 atom stereocenters. The molecule has 0 aliphatic carbocycles. The Balaban J connectivity index is 3.07. The topological polar surface area (TPSA) is 98.3 Å². The van der Waals surface area contributed by atoms with Crippen molar-refractivity contribution in [2.24, 2.45) is 0 Å². The maximum absolute atomic E-state index is 10.7. The minimum absolute atomic E-state index is 0.145. The number of hydrogen-bond acceptors (Lipinski definition) is 4. The van der Waals surface area contributed by atoms with Crippen LogP contribution >= 0.6 is 0 Å². The molecular weight excluding hydrogens is 186 g/mol. The second kappa shape index (κ2) is 3.73. The number of benzene rings is 1. The first-order chi connectivity index (χ1) is 6.49. The lowest BCUT2D eigenvalue weighted by Crippen LogP contribution is -2.06. The molecule has 1 aromatic rings. The van der Waals surface area contributed by atoms with E-state index in [0.29, 0.717) is 5.69 Å². The van der Waals surface area contributed by atoms with Crippen LogP contribution in [0.5, 0.6) is 0 Å². The van der Waals surface area contributed by atoms with Crippen LogP contribution in [0.1, 0.15) is 6.92 Å². The smallest absolute Gasteiger partial charge is 0.273 e. The SMILES string of the molecule is CC(=O)Nc1cc(N)cc([N+](=O)[O-])c1. The summed E-state index contributed by atoms with van der Waals surface area (Å²) in [6, 6.07) is 3.93. The first-order valence-electron chi connectivity index (χ1n) is 3.81. The van der Waals surface area contributed by atoms with Gasteiger partial charge in [-0.3, -0.25) is 14.9 Å². The van der Waals surface area contributed by atoms with Gasteiger partial charge < -0.3 is 11.1 Å². The molecule has 6 nitrogen and oxygen atoms in total. The van der Waals surface area contributed by atoms with E-state index in [9.17, 15) is 14.9 Å². The number of nitro benzene ring substituents is 1. The standard InChI is InChI=1S/C8H9N3O3/c1-5(12)10-7-2-6(9)3-8(4-7)11(13)14/h2-4H,9H2,1H3,(H,10,12). The summed E-state index contributed by atoms with van der Waals surface area (Å²) in [4.78, 5) is 20.5. The number of nitrogen functional groups attached to an aromatic ring is 1. The fraction of sp³-hybridized carbons (Fsp3) is 0.125. The summed E-state index contributed by atoms with van der Waals surface area (Å²) < 4.78 is 0. The third kappa shape index (κ3) is 2.44. The number of rotatable bonds is 2. The summed E-state index contributed by atoms with van der Waals surface area (Å²) >= 11 is 0. The van der Waals surface area contributed by atoms with Crippen molar-refractivity contribution >= 4 is 23.0 Å². The summed E-state index contributed by atoms with van der Waals surface area (Å²) in [6.45, 7) is 1.31. The molecule has 0 aromatic heterocycles. The maximum atomic E-state index is 10.7. The minimum Gasteiger partial charge on any atom is -0.398 e. The normalized spacial score (nSPS) is 9.50. The van der Waals surface area contributed by atoms with Crippen LogP contribution in [0.2, 0.25) is 0 Å². The van der Waals surface area contributed by atoms with Crippen LogP contribution in [0.4, 0.5) is 17.1 Å². The molecule has 0 aliphatic heterocycles. The molecule has 0 aliphatic rings. The van der Waals surface area contributed by atoms with Crippen LogP contribution in [-0.2, 0) is 4.79 Å². The van der Waals surface area contributed by atoms with Gasteiger partial charge in [0.05, 0.1) is 4.92 Å². The first kappa shape index (κ1) is 9.97. The molecule has 1 aromatic carbocycles. The molecule has 0 heterocycles. The molecule has 0 saturated heterocycles. The molecule has 0 bridgehead atoms. The molecular formula is C8H9N3O3. The zero-order valence-electron chi connectivity index (χ0n) is 7.48. The average molecular weight is 195 g/mol. The Morgan fingerprint density at radius 2 is 2.14 bits per heavy atom. The van der Waals surface area contributed by atoms with Gasteiger partial charge in [0.15, 0.2) is 0 Å². The largest absolute Gasteiger partial charge is 0.398 e. The molecule has 74 valence electrons. The third-order valence-electron chi connectivity index (χ3n) is 1.47. The molecule has 3 N–H and O–H groups in total. The highest BCUT2D eigenvalue weighted by Crippen LogP contribution is 2.21. The van der Waals surface area contributed by atoms with E-state index in [1.54, 1.807) is 0 Å². The van der Waals surface area contributed by atoms with Crippen molar-refractivity contribution < 1.29 is 9.72 Å². The van der Waals surface area contributed by atoms with Crippen molar-refractivity contribution in [2.75, 3.05) is 11.1 Å². The van der Waals surface area contributed by atoms with E-state index >= 15 is 0 Å². The van der Waals surface area contributed by atoms with Crippen molar-refractivity contribution in [1.82, 2.24) is 0 Å². The van der Waals surface area contributed by atoms with E-state index in [1.165, 1.54) is 25.1 Å².